The van der Waals surface area contributed by atoms with Gasteiger partial charge in [0.05, 0.1) is 24.3 Å². The van der Waals surface area contributed by atoms with Gasteiger partial charge in [-0.15, -0.1) is 0 Å². The lowest BCUT2D eigenvalue weighted by Gasteiger charge is -2.51. The summed E-state index contributed by atoms with van der Waals surface area (Å²) in [4.78, 5) is 38.9. The zero-order chi connectivity index (χ0) is 23.6. The van der Waals surface area contributed by atoms with Gasteiger partial charge in [-0.1, -0.05) is 43.2 Å². The molecule has 8 heteroatoms. The van der Waals surface area contributed by atoms with Crippen molar-refractivity contribution in [3.05, 3.63) is 58.5 Å². The molecule has 1 aliphatic heterocycles. The van der Waals surface area contributed by atoms with Crippen molar-refractivity contribution >= 4 is 12.1 Å². The number of likely N-dealkylation sites (tertiary alicyclic amines) is 1. The molecule has 2 heterocycles. The summed E-state index contributed by atoms with van der Waals surface area (Å²) in [5, 5.41) is 21.3. The van der Waals surface area contributed by atoms with Crippen LogP contribution in [0.3, 0.4) is 0 Å². The predicted octanol–water partition coefficient (Wildman–Crippen LogP) is 3.37. The van der Waals surface area contributed by atoms with Gasteiger partial charge >= 0.3 is 12.1 Å². The number of rotatable bonds is 5. The Labute approximate surface area is 192 Å². The molecule has 4 rings (SSSR count). The first-order chi connectivity index (χ1) is 15.8. The maximum atomic E-state index is 13.1. The molecule has 2 N–H and O–H groups in total. The summed E-state index contributed by atoms with van der Waals surface area (Å²) in [5.74, 6) is -0.534. The molecule has 8 nitrogen and oxygen atoms in total. The number of carboxylic acid groups (broad SMARTS) is 1. The molecule has 1 saturated carbocycles. The Balaban J connectivity index is 1.74. The highest BCUT2D eigenvalue weighted by molar-refractivity contribution is 5.96. The lowest BCUT2D eigenvalue weighted by Crippen LogP contribution is -2.62. The van der Waals surface area contributed by atoms with Crippen molar-refractivity contribution in [3.8, 4) is 11.1 Å². The molecule has 1 atom stereocenters. The zero-order valence-electron chi connectivity index (χ0n) is 18.8. The van der Waals surface area contributed by atoms with Crippen molar-refractivity contribution in [1.29, 1.82) is 0 Å². The number of aromatic nitrogens is 1. The van der Waals surface area contributed by atoms with Gasteiger partial charge in [0.15, 0.2) is 0 Å². The van der Waals surface area contributed by atoms with E-state index in [9.17, 15) is 24.6 Å². The Morgan fingerprint density at radius 1 is 1.12 bits per heavy atom. The van der Waals surface area contributed by atoms with E-state index in [0.717, 1.165) is 18.4 Å². The molecule has 1 saturated heterocycles. The van der Waals surface area contributed by atoms with E-state index >= 15 is 0 Å². The van der Waals surface area contributed by atoms with E-state index in [-0.39, 0.29) is 43.8 Å². The van der Waals surface area contributed by atoms with Gasteiger partial charge in [0.2, 0.25) is 0 Å². The maximum Gasteiger partial charge on any atom is 0.407 e. The average Bonchev–Trinajstić information content (AvgIpc) is 3.27. The molecule has 1 aliphatic carbocycles. The normalized spacial score (nSPS) is 21.8. The van der Waals surface area contributed by atoms with Crippen LogP contribution in [0.15, 0.2) is 47.4 Å². The molecule has 2 aliphatic rings. The highest BCUT2D eigenvalue weighted by Crippen LogP contribution is 2.51. The molecule has 1 spiro atoms. The first kappa shape index (κ1) is 23.0. The zero-order valence-corrected chi connectivity index (χ0v) is 18.8. The predicted molar refractivity (Wildman–Crippen MR) is 122 cm³/mol. The summed E-state index contributed by atoms with van der Waals surface area (Å²) in [5.41, 5.74) is -0.715. The number of ether oxygens (including phenoxy) is 1. The quantitative estimate of drug-likeness (QED) is 0.671. The molecule has 1 unspecified atom stereocenters. The Morgan fingerprint density at radius 2 is 1.82 bits per heavy atom. The number of carbonyl (C=O) groups excluding carboxylic acids is 1. The third kappa shape index (κ3) is 4.27. The number of hydrogen-bond donors (Lipinski definition) is 2. The van der Waals surface area contributed by atoms with Crippen LogP contribution in [0, 0.1) is 5.41 Å². The van der Waals surface area contributed by atoms with Gasteiger partial charge in [-0.3, -0.25) is 4.79 Å². The number of carbonyl (C=O) groups is 2. The third-order valence-corrected chi connectivity index (χ3v) is 7.25. The SMILES string of the molecule is CCOC(=O)c1cn(CC2(O)CCN(C(=O)O)CC23CCCC3)c(=O)cc1-c1ccccc1. The number of pyridine rings is 1. The molecular weight excluding hydrogens is 424 g/mol. The topological polar surface area (TPSA) is 109 Å². The minimum atomic E-state index is -1.25. The molecule has 2 aromatic rings. The fourth-order valence-corrected chi connectivity index (χ4v) is 5.47. The van der Waals surface area contributed by atoms with Crippen LogP contribution >= 0.6 is 0 Å². The first-order valence-electron chi connectivity index (χ1n) is 11.5. The molecule has 2 fully saturated rings. The third-order valence-electron chi connectivity index (χ3n) is 7.25. The Morgan fingerprint density at radius 3 is 2.45 bits per heavy atom. The second-order valence-corrected chi connectivity index (χ2v) is 9.13. The van der Waals surface area contributed by atoms with Crippen LogP contribution in [-0.4, -0.2) is 57.0 Å². The van der Waals surface area contributed by atoms with Crippen molar-refractivity contribution in [1.82, 2.24) is 9.47 Å². The standard InChI is InChI=1S/C25H30N2O6/c1-2-33-22(29)20-15-27(21(28)14-19(20)18-8-4-3-5-9-18)17-25(32)12-13-26(23(30)31)16-24(25)10-6-7-11-24/h3-5,8-9,14-15,32H,2,6-7,10-13,16-17H2,1H3,(H,30,31). The Kier molecular flexibility index (Phi) is 6.30. The maximum absolute atomic E-state index is 13.1. The minimum Gasteiger partial charge on any atom is -0.465 e. The number of amides is 1. The summed E-state index contributed by atoms with van der Waals surface area (Å²) in [6.07, 6.45) is 3.95. The van der Waals surface area contributed by atoms with Crippen molar-refractivity contribution in [2.75, 3.05) is 19.7 Å². The molecule has 1 amide bonds. The lowest BCUT2D eigenvalue weighted by molar-refractivity contribution is -0.137. The fourth-order valence-electron chi connectivity index (χ4n) is 5.47. The first-order valence-corrected chi connectivity index (χ1v) is 11.5. The monoisotopic (exact) mass is 454 g/mol. The van der Waals surface area contributed by atoms with E-state index in [4.69, 9.17) is 4.74 Å². The largest absolute Gasteiger partial charge is 0.465 e. The van der Waals surface area contributed by atoms with E-state index in [2.05, 4.69) is 0 Å². The number of hydrogen-bond acceptors (Lipinski definition) is 5. The molecule has 0 bridgehead atoms. The minimum absolute atomic E-state index is 0.000761. The molecule has 33 heavy (non-hydrogen) atoms. The second kappa shape index (κ2) is 9.02. The van der Waals surface area contributed by atoms with Crippen molar-refractivity contribution in [2.45, 2.75) is 51.2 Å². The number of nitrogens with zero attached hydrogens (tertiary/aromatic N) is 2. The summed E-state index contributed by atoms with van der Waals surface area (Å²) in [7, 11) is 0. The van der Waals surface area contributed by atoms with Crippen molar-refractivity contribution in [2.24, 2.45) is 5.41 Å². The van der Waals surface area contributed by atoms with E-state index in [1.54, 1.807) is 6.92 Å². The van der Waals surface area contributed by atoms with Gasteiger partial charge in [0.25, 0.3) is 5.56 Å². The van der Waals surface area contributed by atoms with Crippen LogP contribution in [0.1, 0.15) is 49.4 Å². The van der Waals surface area contributed by atoms with E-state index in [0.29, 0.717) is 18.4 Å². The van der Waals surface area contributed by atoms with Gasteiger partial charge in [0, 0.05) is 36.3 Å². The van der Waals surface area contributed by atoms with Gasteiger partial charge < -0.3 is 24.4 Å². The molecule has 0 radical (unpaired) electrons. The number of benzene rings is 1. The smallest absolute Gasteiger partial charge is 0.407 e. The second-order valence-electron chi connectivity index (χ2n) is 9.13. The van der Waals surface area contributed by atoms with Crippen LogP contribution < -0.4 is 5.56 Å². The fraction of sp³-hybridized carbons (Fsp3) is 0.480. The van der Waals surface area contributed by atoms with E-state index < -0.39 is 23.1 Å². The van der Waals surface area contributed by atoms with E-state index in [1.807, 2.05) is 30.3 Å². The summed E-state index contributed by atoms with van der Waals surface area (Å²) in [6.45, 7) is 2.37. The van der Waals surface area contributed by atoms with Gasteiger partial charge in [-0.25, -0.2) is 9.59 Å². The Bertz CT molecular complexity index is 1090. The molecule has 1 aromatic carbocycles. The van der Waals surface area contributed by atoms with Crippen LogP contribution in [0.4, 0.5) is 4.79 Å². The van der Waals surface area contributed by atoms with Crippen LogP contribution in [0.25, 0.3) is 11.1 Å². The van der Waals surface area contributed by atoms with Gasteiger partial charge in [-0.05, 0) is 31.7 Å². The van der Waals surface area contributed by atoms with Gasteiger partial charge in [-0.2, -0.15) is 0 Å². The van der Waals surface area contributed by atoms with Crippen LogP contribution in [0.2, 0.25) is 0 Å². The van der Waals surface area contributed by atoms with Crippen LogP contribution in [-0.2, 0) is 11.3 Å². The molecule has 176 valence electrons. The summed E-state index contributed by atoms with van der Waals surface area (Å²) >= 11 is 0. The van der Waals surface area contributed by atoms with E-state index in [1.165, 1.54) is 21.7 Å². The van der Waals surface area contributed by atoms with Crippen molar-refractivity contribution in [3.63, 3.8) is 0 Å². The Hall–Kier alpha value is -3.13. The number of aliphatic hydroxyl groups is 1. The average molecular weight is 455 g/mol. The van der Waals surface area contributed by atoms with Crippen LogP contribution in [0.5, 0.6) is 0 Å². The number of piperidine rings is 1. The number of esters is 1. The lowest BCUT2D eigenvalue weighted by atomic mass is 9.66. The highest BCUT2D eigenvalue weighted by atomic mass is 16.5. The summed E-state index contributed by atoms with van der Waals surface area (Å²) in [6, 6.07) is 10.6. The molecular formula is C25H30N2O6. The van der Waals surface area contributed by atoms with Crippen molar-refractivity contribution < 1.29 is 24.5 Å². The highest BCUT2D eigenvalue weighted by Gasteiger charge is 2.55. The van der Waals surface area contributed by atoms with Gasteiger partial charge in [0.1, 0.15) is 0 Å². The molecule has 1 aromatic heterocycles. The summed E-state index contributed by atoms with van der Waals surface area (Å²) < 4.78 is 6.63.